The van der Waals surface area contributed by atoms with Crippen LogP contribution in [0.2, 0.25) is 0 Å². The summed E-state index contributed by atoms with van der Waals surface area (Å²) in [5, 5.41) is 3.26. The number of rotatable bonds is 5. The van der Waals surface area contributed by atoms with Crippen LogP contribution in [0.25, 0.3) is 0 Å². The second kappa shape index (κ2) is 7.06. The lowest BCUT2D eigenvalue weighted by atomic mass is 10.00. The number of ether oxygens (including phenoxy) is 1. The lowest BCUT2D eigenvalue weighted by Gasteiger charge is -2.29. The van der Waals surface area contributed by atoms with E-state index in [2.05, 4.69) is 10.0 Å². The van der Waals surface area contributed by atoms with Crippen molar-refractivity contribution in [3.63, 3.8) is 0 Å². The van der Waals surface area contributed by atoms with Gasteiger partial charge in [-0.05, 0) is 40.2 Å². The summed E-state index contributed by atoms with van der Waals surface area (Å²) in [6.07, 6.45) is 1.76. The number of carbonyl (C=O) groups excluding carboxylic acids is 1. The molecule has 0 bridgehead atoms. The van der Waals surface area contributed by atoms with Crippen molar-refractivity contribution in [2.75, 3.05) is 6.54 Å². The van der Waals surface area contributed by atoms with Crippen molar-refractivity contribution in [2.45, 2.75) is 58.2 Å². The third kappa shape index (κ3) is 6.22. The van der Waals surface area contributed by atoms with Crippen LogP contribution >= 0.6 is 0 Å². The van der Waals surface area contributed by atoms with Crippen LogP contribution in [-0.2, 0) is 14.9 Å². The lowest BCUT2D eigenvalue weighted by molar-refractivity contribution is 0.121. The molecule has 8 heteroatoms. The van der Waals surface area contributed by atoms with Gasteiger partial charge < -0.3 is 10.1 Å². The minimum Gasteiger partial charge on any atom is -0.446 e. The number of nitrogens with one attached hydrogen (secondary N) is 3. The maximum atomic E-state index is 11.7. The van der Waals surface area contributed by atoms with Crippen molar-refractivity contribution >= 4 is 16.3 Å². The highest BCUT2D eigenvalue weighted by atomic mass is 32.2. The average molecular weight is 293 g/mol. The molecule has 2 unspecified atom stereocenters. The monoisotopic (exact) mass is 293 g/mol. The molecule has 7 nitrogen and oxygen atoms in total. The quantitative estimate of drug-likeness (QED) is 0.685. The molecular formula is C11H23N3O4S. The van der Waals surface area contributed by atoms with Gasteiger partial charge in [-0.3, -0.25) is 0 Å². The zero-order valence-electron chi connectivity index (χ0n) is 11.6. The average Bonchev–Trinajstić information content (AvgIpc) is 2.27. The molecule has 0 aromatic rings. The third-order valence-electron chi connectivity index (χ3n) is 2.85. The molecule has 2 atom stereocenters. The van der Waals surface area contributed by atoms with Gasteiger partial charge in [0.1, 0.15) is 0 Å². The van der Waals surface area contributed by atoms with E-state index in [4.69, 9.17) is 4.74 Å². The molecular weight excluding hydrogens is 270 g/mol. The van der Waals surface area contributed by atoms with Crippen LogP contribution in [0.1, 0.15) is 40.0 Å². The van der Waals surface area contributed by atoms with Crippen molar-refractivity contribution in [1.82, 2.24) is 14.8 Å². The molecule has 0 aliphatic carbocycles. The minimum absolute atomic E-state index is 0.0893. The molecule has 1 saturated heterocycles. The van der Waals surface area contributed by atoms with Crippen LogP contribution in [0.4, 0.5) is 4.79 Å². The van der Waals surface area contributed by atoms with Gasteiger partial charge >= 0.3 is 16.3 Å². The summed E-state index contributed by atoms with van der Waals surface area (Å²) in [6, 6.07) is -0.198. The van der Waals surface area contributed by atoms with Gasteiger partial charge in [0.15, 0.2) is 0 Å². The Bertz CT molecular complexity index is 391. The first-order valence-corrected chi connectivity index (χ1v) is 8.02. The smallest absolute Gasteiger partial charge is 0.422 e. The molecule has 1 aliphatic rings. The topological polar surface area (TPSA) is 96.5 Å². The van der Waals surface area contributed by atoms with Crippen LogP contribution in [-0.4, -0.2) is 39.2 Å². The predicted octanol–water partition coefficient (Wildman–Crippen LogP) is 0.486. The maximum Gasteiger partial charge on any atom is 0.422 e. The highest BCUT2D eigenvalue weighted by Gasteiger charge is 2.25. The number of carbonyl (C=O) groups is 1. The first kappa shape index (κ1) is 16.2. The number of amides is 1. The van der Waals surface area contributed by atoms with Crippen molar-refractivity contribution in [3.05, 3.63) is 0 Å². The van der Waals surface area contributed by atoms with Gasteiger partial charge in [-0.15, -0.1) is 0 Å². The first-order chi connectivity index (χ1) is 8.80. The van der Waals surface area contributed by atoms with E-state index >= 15 is 0 Å². The fourth-order valence-corrected chi connectivity index (χ4v) is 2.99. The highest BCUT2D eigenvalue weighted by molar-refractivity contribution is 7.88. The van der Waals surface area contributed by atoms with Crippen molar-refractivity contribution in [1.29, 1.82) is 0 Å². The molecule has 0 saturated carbocycles. The Morgan fingerprint density at radius 1 is 1.32 bits per heavy atom. The Hall–Kier alpha value is -0.860. The van der Waals surface area contributed by atoms with Crippen LogP contribution in [0.15, 0.2) is 0 Å². The summed E-state index contributed by atoms with van der Waals surface area (Å²) < 4.78 is 32.4. The van der Waals surface area contributed by atoms with Gasteiger partial charge in [0.05, 0.1) is 6.10 Å². The summed E-state index contributed by atoms with van der Waals surface area (Å²) in [5.74, 6) is 0. The Balaban J connectivity index is 2.46. The summed E-state index contributed by atoms with van der Waals surface area (Å²) in [5.41, 5.74) is 0. The largest absolute Gasteiger partial charge is 0.446 e. The lowest BCUT2D eigenvalue weighted by Crippen LogP contribution is -2.53. The zero-order valence-corrected chi connectivity index (χ0v) is 12.4. The van der Waals surface area contributed by atoms with Crippen LogP contribution in [0, 0.1) is 0 Å². The summed E-state index contributed by atoms with van der Waals surface area (Å²) >= 11 is 0. The normalized spacial score (nSPS) is 22.0. The van der Waals surface area contributed by atoms with Crippen LogP contribution in [0.5, 0.6) is 0 Å². The van der Waals surface area contributed by atoms with E-state index in [9.17, 15) is 13.2 Å². The van der Waals surface area contributed by atoms with E-state index in [1.165, 1.54) is 0 Å². The summed E-state index contributed by atoms with van der Waals surface area (Å²) in [4.78, 5) is 11.3. The van der Waals surface area contributed by atoms with E-state index in [1.807, 2.05) is 4.72 Å². The third-order valence-corrected chi connectivity index (χ3v) is 3.97. The molecule has 1 rings (SSSR count). The van der Waals surface area contributed by atoms with E-state index in [0.29, 0.717) is 0 Å². The first-order valence-electron chi connectivity index (χ1n) is 6.54. The Kier molecular flexibility index (Phi) is 6.02. The number of hydrogen-bond donors (Lipinski definition) is 3. The van der Waals surface area contributed by atoms with Gasteiger partial charge in [-0.1, -0.05) is 6.42 Å². The molecule has 0 spiro atoms. The number of piperidine rings is 1. The van der Waals surface area contributed by atoms with Crippen molar-refractivity contribution in [3.8, 4) is 0 Å². The van der Waals surface area contributed by atoms with E-state index < -0.39 is 16.3 Å². The fourth-order valence-electron chi connectivity index (χ4n) is 2.01. The van der Waals surface area contributed by atoms with Crippen LogP contribution < -0.4 is 14.8 Å². The summed E-state index contributed by atoms with van der Waals surface area (Å²) in [6.45, 7) is 5.96. The molecule has 0 radical (unpaired) electrons. The van der Waals surface area contributed by atoms with E-state index in [1.54, 1.807) is 20.8 Å². The van der Waals surface area contributed by atoms with Crippen molar-refractivity contribution < 1.29 is 17.9 Å². The van der Waals surface area contributed by atoms with Crippen molar-refractivity contribution in [2.24, 2.45) is 0 Å². The van der Waals surface area contributed by atoms with Gasteiger partial charge in [0, 0.05) is 12.1 Å². The second-order valence-corrected chi connectivity index (χ2v) is 6.47. The molecule has 1 aliphatic heterocycles. The van der Waals surface area contributed by atoms with Gasteiger partial charge in [-0.2, -0.15) is 13.1 Å². The zero-order chi connectivity index (χ0) is 14.5. The highest BCUT2D eigenvalue weighted by Crippen LogP contribution is 2.10. The van der Waals surface area contributed by atoms with E-state index in [-0.39, 0.29) is 18.2 Å². The molecule has 1 amide bonds. The molecule has 112 valence electrons. The molecule has 3 N–H and O–H groups in total. The van der Waals surface area contributed by atoms with Crippen LogP contribution in [0.3, 0.4) is 0 Å². The fraction of sp³-hybridized carbons (Fsp3) is 0.909. The Morgan fingerprint density at radius 2 is 2.00 bits per heavy atom. The van der Waals surface area contributed by atoms with Gasteiger partial charge in [0.25, 0.3) is 0 Å². The molecule has 1 fully saturated rings. The standard InChI is InChI=1S/C11H23N3O4S/c1-8(2)18-11(15)14-19(16,17)13-9(3)10-6-4-5-7-12-10/h8-10,12-13H,4-7H2,1-3H3,(H,14,15). The second-order valence-electron chi connectivity index (χ2n) is 5.02. The van der Waals surface area contributed by atoms with E-state index in [0.717, 1.165) is 25.8 Å². The number of hydrogen-bond acceptors (Lipinski definition) is 5. The Labute approximate surface area is 114 Å². The van der Waals surface area contributed by atoms with Gasteiger partial charge in [0.2, 0.25) is 0 Å². The predicted molar refractivity (Wildman–Crippen MR) is 71.9 cm³/mol. The van der Waals surface area contributed by atoms with Gasteiger partial charge in [-0.25, -0.2) is 9.52 Å². The Morgan fingerprint density at radius 3 is 2.53 bits per heavy atom. The summed E-state index contributed by atoms with van der Waals surface area (Å²) in [7, 11) is -3.89. The minimum atomic E-state index is -3.89. The molecule has 1 heterocycles. The molecule has 19 heavy (non-hydrogen) atoms. The maximum absolute atomic E-state index is 11.7. The SMILES string of the molecule is CC(C)OC(=O)NS(=O)(=O)NC(C)C1CCCCN1. The molecule has 0 aromatic carbocycles. The molecule has 0 aromatic heterocycles.